The molecule has 20 heavy (non-hydrogen) atoms. The van der Waals surface area contributed by atoms with E-state index >= 15 is 0 Å². The van der Waals surface area contributed by atoms with Crippen molar-refractivity contribution in [1.29, 1.82) is 0 Å². The van der Waals surface area contributed by atoms with Gasteiger partial charge < -0.3 is 0 Å². The Balaban J connectivity index is 1.94. The smallest absolute Gasteiger partial charge is 0.147 e. The van der Waals surface area contributed by atoms with Crippen LogP contribution in [-0.4, -0.2) is 11.5 Å². The van der Waals surface area contributed by atoms with Crippen molar-refractivity contribution in [2.24, 2.45) is 0 Å². The number of rotatable bonds is 5. The fourth-order valence-corrected chi connectivity index (χ4v) is 3.18. The maximum atomic E-state index is 13.2. The second-order valence-corrected chi connectivity index (χ2v) is 6.50. The lowest BCUT2D eigenvalue weighted by Gasteiger charge is -2.06. The quantitative estimate of drug-likeness (QED) is 0.719. The first-order valence-corrected chi connectivity index (χ1v) is 7.97. The third-order valence-electron chi connectivity index (χ3n) is 2.89. The van der Waals surface area contributed by atoms with Crippen LogP contribution in [-0.2, 0) is 11.2 Å². The first kappa shape index (κ1) is 15.3. The van der Waals surface area contributed by atoms with E-state index in [4.69, 9.17) is 0 Å². The van der Waals surface area contributed by atoms with Gasteiger partial charge in [-0.25, -0.2) is 4.39 Å². The number of carbonyl (C=O) groups is 1. The number of benzene rings is 2. The second kappa shape index (κ2) is 7.04. The van der Waals surface area contributed by atoms with Gasteiger partial charge in [-0.3, -0.25) is 4.79 Å². The largest absolute Gasteiger partial charge is 0.298 e. The Bertz CT molecular complexity index is 628. The van der Waals surface area contributed by atoms with Crippen LogP contribution in [0.3, 0.4) is 0 Å². The van der Waals surface area contributed by atoms with Crippen molar-refractivity contribution in [3.63, 3.8) is 0 Å². The molecular weight excluding hydrogens is 339 g/mol. The lowest BCUT2D eigenvalue weighted by molar-refractivity contribution is -0.116. The average molecular weight is 353 g/mol. The maximum Gasteiger partial charge on any atom is 0.147 e. The summed E-state index contributed by atoms with van der Waals surface area (Å²) in [6.07, 6.45) is 0.282. The molecule has 2 aromatic carbocycles. The van der Waals surface area contributed by atoms with Gasteiger partial charge in [0, 0.05) is 15.8 Å². The molecule has 0 heterocycles. The first-order valence-electron chi connectivity index (χ1n) is 6.19. The highest BCUT2D eigenvalue weighted by Gasteiger charge is 2.08. The maximum absolute atomic E-state index is 13.2. The van der Waals surface area contributed by atoms with Crippen LogP contribution in [0.1, 0.15) is 11.1 Å². The Hall–Kier alpha value is -1.13. The summed E-state index contributed by atoms with van der Waals surface area (Å²) < 4.78 is 14.2. The highest BCUT2D eigenvalue weighted by Crippen LogP contribution is 2.22. The van der Waals surface area contributed by atoms with Gasteiger partial charge in [-0.1, -0.05) is 28.1 Å². The first-order chi connectivity index (χ1) is 9.54. The third-order valence-corrected chi connectivity index (χ3v) is 4.44. The second-order valence-electron chi connectivity index (χ2n) is 4.53. The number of Topliss-reactive ketones (excluding diaryl/α,β-unsaturated/α-hetero) is 1. The highest BCUT2D eigenvalue weighted by atomic mass is 79.9. The summed E-state index contributed by atoms with van der Waals surface area (Å²) in [7, 11) is 0. The van der Waals surface area contributed by atoms with Crippen molar-refractivity contribution in [2.45, 2.75) is 18.2 Å². The lowest BCUT2D eigenvalue weighted by atomic mass is 10.0. The zero-order valence-electron chi connectivity index (χ0n) is 11.0. The summed E-state index contributed by atoms with van der Waals surface area (Å²) in [6, 6.07) is 12.4. The van der Waals surface area contributed by atoms with Crippen molar-refractivity contribution >= 4 is 33.5 Å². The summed E-state index contributed by atoms with van der Waals surface area (Å²) in [5, 5.41) is 0. The molecule has 104 valence electrons. The molecule has 0 saturated carbocycles. The van der Waals surface area contributed by atoms with Crippen LogP contribution in [0.25, 0.3) is 0 Å². The number of hydrogen-bond donors (Lipinski definition) is 0. The number of aryl methyl sites for hydroxylation is 1. The molecule has 0 radical (unpaired) electrons. The highest BCUT2D eigenvalue weighted by molar-refractivity contribution is 9.10. The minimum atomic E-state index is -0.293. The summed E-state index contributed by atoms with van der Waals surface area (Å²) in [6.45, 7) is 1.89. The summed E-state index contributed by atoms with van der Waals surface area (Å²) in [5.74, 6) is 0.202. The van der Waals surface area contributed by atoms with Gasteiger partial charge in [-0.15, -0.1) is 11.8 Å². The zero-order chi connectivity index (χ0) is 14.5. The lowest BCUT2D eigenvalue weighted by Crippen LogP contribution is -2.07. The number of halogens is 2. The van der Waals surface area contributed by atoms with Gasteiger partial charge in [0.05, 0.1) is 5.75 Å². The standard InChI is InChI=1S/C16H14BrFOS/c1-11-5-6-14(18)7-12(11)8-15(19)10-20-16-4-2-3-13(17)9-16/h2-7,9H,8,10H2,1H3. The van der Waals surface area contributed by atoms with Crippen LogP contribution < -0.4 is 0 Å². The van der Waals surface area contributed by atoms with Crippen molar-refractivity contribution in [3.05, 3.63) is 63.9 Å². The molecular formula is C16H14BrFOS. The van der Waals surface area contributed by atoms with Crippen LogP contribution in [0, 0.1) is 12.7 Å². The molecule has 0 amide bonds. The van der Waals surface area contributed by atoms with E-state index in [1.165, 1.54) is 23.9 Å². The van der Waals surface area contributed by atoms with E-state index in [0.717, 1.165) is 20.5 Å². The molecule has 0 unspecified atom stereocenters. The van der Waals surface area contributed by atoms with E-state index in [1.54, 1.807) is 6.07 Å². The van der Waals surface area contributed by atoms with Crippen molar-refractivity contribution in [1.82, 2.24) is 0 Å². The van der Waals surface area contributed by atoms with Gasteiger partial charge in [-0.05, 0) is 48.4 Å². The Morgan fingerprint density at radius 3 is 2.80 bits per heavy atom. The number of carbonyl (C=O) groups excluding carboxylic acids is 1. The molecule has 0 fully saturated rings. The fourth-order valence-electron chi connectivity index (χ4n) is 1.81. The molecule has 0 saturated heterocycles. The molecule has 0 atom stereocenters. The van der Waals surface area contributed by atoms with Gasteiger partial charge in [-0.2, -0.15) is 0 Å². The monoisotopic (exact) mass is 352 g/mol. The summed E-state index contributed by atoms with van der Waals surface area (Å²) in [5.41, 5.74) is 1.72. The minimum Gasteiger partial charge on any atom is -0.298 e. The predicted octanol–water partition coefficient (Wildman–Crippen LogP) is 4.80. The molecule has 2 aromatic rings. The normalized spacial score (nSPS) is 10.6. The molecule has 0 aliphatic rings. The molecule has 0 aliphatic carbocycles. The fraction of sp³-hybridized carbons (Fsp3) is 0.188. The molecule has 1 nitrogen and oxygen atoms in total. The topological polar surface area (TPSA) is 17.1 Å². The minimum absolute atomic E-state index is 0.101. The van der Waals surface area contributed by atoms with Crippen LogP contribution in [0.2, 0.25) is 0 Å². The number of ketones is 1. The van der Waals surface area contributed by atoms with Crippen LogP contribution in [0.15, 0.2) is 51.8 Å². The Morgan fingerprint density at radius 2 is 2.05 bits per heavy atom. The van der Waals surface area contributed by atoms with Gasteiger partial charge in [0.25, 0.3) is 0 Å². The molecule has 0 spiro atoms. The van der Waals surface area contributed by atoms with Gasteiger partial charge in [0.1, 0.15) is 11.6 Å². The van der Waals surface area contributed by atoms with Crippen molar-refractivity contribution < 1.29 is 9.18 Å². The molecule has 4 heteroatoms. The Morgan fingerprint density at radius 1 is 1.25 bits per heavy atom. The van der Waals surface area contributed by atoms with E-state index in [1.807, 2.05) is 31.2 Å². The zero-order valence-corrected chi connectivity index (χ0v) is 13.4. The SMILES string of the molecule is Cc1ccc(F)cc1CC(=O)CSc1cccc(Br)c1. The molecule has 0 bridgehead atoms. The summed E-state index contributed by atoms with van der Waals surface area (Å²) in [4.78, 5) is 13.0. The molecule has 2 rings (SSSR count). The van der Waals surface area contributed by atoms with E-state index < -0.39 is 0 Å². The van der Waals surface area contributed by atoms with Crippen molar-refractivity contribution in [3.8, 4) is 0 Å². The van der Waals surface area contributed by atoms with Gasteiger partial charge >= 0.3 is 0 Å². The van der Waals surface area contributed by atoms with Crippen molar-refractivity contribution in [2.75, 3.05) is 5.75 Å². The predicted molar refractivity (Wildman–Crippen MR) is 84.7 cm³/mol. The van der Waals surface area contributed by atoms with Crippen LogP contribution in [0.5, 0.6) is 0 Å². The number of hydrogen-bond acceptors (Lipinski definition) is 2. The van der Waals surface area contributed by atoms with E-state index in [-0.39, 0.29) is 18.0 Å². The van der Waals surface area contributed by atoms with E-state index in [0.29, 0.717) is 5.75 Å². The average Bonchev–Trinajstić information content (AvgIpc) is 2.41. The van der Waals surface area contributed by atoms with E-state index in [2.05, 4.69) is 15.9 Å². The van der Waals surface area contributed by atoms with Crippen LogP contribution >= 0.6 is 27.7 Å². The molecule has 0 aliphatic heterocycles. The Kier molecular flexibility index (Phi) is 5.38. The third kappa shape index (κ3) is 4.46. The van der Waals surface area contributed by atoms with Crippen LogP contribution in [0.4, 0.5) is 4.39 Å². The summed E-state index contributed by atoms with van der Waals surface area (Å²) >= 11 is 4.90. The van der Waals surface area contributed by atoms with E-state index in [9.17, 15) is 9.18 Å². The molecule has 0 N–H and O–H groups in total. The van der Waals surface area contributed by atoms with Gasteiger partial charge in [0.2, 0.25) is 0 Å². The Labute approximate surface area is 130 Å². The number of thioether (sulfide) groups is 1. The molecule has 0 aromatic heterocycles. The van der Waals surface area contributed by atoms with Gasteiger partial charge in [0.15, 0.2) is 0 Å².